The van der Waals surface area contributed by atoms with Crippen LogP contribution in [0.25, 0.3) is 11.4 Å². The summed E-state index contributed by atoms with van der Waals surface area (Å²) in [7, 11) is 1.77. The van der Waals surface area contributed by atoms with Gasteiger partial charge in [0.15, 0.2) is 0 Å². The van der Waals surface area contributed by atoms with Crippen molar-refractivity contribution in [1.82, 2.24) is 25.1 Å². The monoisotopic (exact) mass is 307 g/mol. The van der Waals surface area contributed by atoms with E-state index in [9.17, 15) is 9.90 Å². The first-order valence-electron chi connectivity index (χ1n) is 6.84. The number of amides is 1. The summed E-state index contributed by atoms with van der Waals surface area (Å²) in [5, 5.41) is 25.2. The van der Waals surface area contributed by atoms with Gasteiger partial charge in [-0.3, -0.25) is 4.79 Å². The third kappa shape index (κ3) is 3.27. The number of hydrogen-bond donors (Lipinski definition) is 1. The van der Waals surface area contributed by atoms with E-state index in [0.717, 1.165) is 18.4 Å². The second-order valence-corrected chi connectivity index (χ2v) is 6.20. The number of thiophene rings is 1. The fourth-order valence-electron chi connectivity index (χ4n) is 2.40. The van der Waals surface area contributed by atoms with Crippen molar-refractivity contribution in [3.05, 3.63) is 16.8 Å². The van der Waals surface area contributed by atoms with Crippen LogP contribution in [0.4, 0.5) is 0 Å². The smallest absolute Gasteiger partial charge is 0.245 e. The SMILES string of the molecule is CN(CC1CC(O)C1)C(=O)Cn1nnc(-c2ccsc2)n1. The van der Waals surface area contributed by atoms with E-state index in [1.54, 1.807) is 23.3 Å². The summed E-state index contributed by atoms with van der Waals surface area (Å²) >= 11 is 1.57. The van der Waals surface area contributed by atoms with Crippen LogP contribution in [0.2, 0.25) is 0 Å². The molecule has 1 aliphatic carbocycles. The van der Waals surface area contributed by atoms with Gasteiger partial charge in [0.2, 0.25) is 11.7 Å². The average Bonchev–Trinajstić information content (AvgIpc) is 3.06. The number of tetrazole rings is 1. The van der Waals surface area contributed by atoms with Crippen LogP contribution in [0, 0.1) is 5.92 Å². The van der Waals surface area contributed by atoms with Crippen molar-refractivity contribution in [2.75, 3.05) is 13.6 Å². The molecule has 3 rings (SSSR count). The molecule has 7 nitrogen and oxygen atoms in total. The number of aliphatic hydroxyl groups excluding tert-OH is 1. The summed E-state index contributed by atoms with van der Waals surface area (Å²) in [4.78, 5) is 15.1. The topological polar surface area (TPSA) is 84.1 Å². The van der Waals surface area contributed by atoms with Gasteiger partial charge in [0, 0.05) is 24.5 Å². The van der Waals surface area contributed by atoms with Gasteiger partial charge in [-0.2, -0.15) is 16.1 Å². The quantitative estimate of drug-likeness (QED) is 0.876. The van der Waals surface area contributed by atoms with E-state index in [0.29, 0.717) is 18.3 Å². The van der Waals surface area contributed by atoms with Crippen LogP contribution < -0.4 is 0 Å². The van der Waals surface area contributed by atoms with E-state index in [2.05, 4.69) is 15.4 Å². The maximum absolute atomic E-state index is 12.1. The maximum atomic E-state index is 12.1. The highest BCUT2D eigenvalue weighted by Crippen LogP contribution is 2.27. The van der Waals surface area contributed by atoms with Crippen molar-refractivity contribution in [2.45, 2.75) is 25.5 Å². The number of nitrogens with zero attached hydrogens (tertiary/aromatic N) is 5. The lowest BCUT2D eigenvalue weighted by Crippen LogP contribution is -2.40. The van der Waals surface area contributed by atoms with E-state index in [1.807, 2.05) is 16.8 Å². The van der Waals surface area contributed by atoms with Gasteiger partial charge < -0.3 is 10.0 Å². The maximum Gasteiger partial charge on any atom is 0.245 e. The molecule has 0 unspecified atom stereocenters. The van der Waals surface area contributed by atoms with Crippen molar-refractivity contribution in [1.29, 1.82) is 0 Å². The summed E-state index contributed by atoms with van der Waals surface area (Å²) in [5.41, 5.74) is 0.913. The second kappa shape index (κ2) is 5.90. The van der Waals surface area contributed by atoms with E-state index >= 15 is 0 Å². The Morgan fingerprint density at radius 1 is 1.57 bits per heavy atom. The summed E-state index contributed by atoms with van der Waals surface area (Å²) < 4.78 is 0. The molecule has 0 radical (unpaired) electrons. The average molecular weight is 307 g/mol. The molecule has 8 heteroatoms. The highest BCUT2D eigenvalue weighted by molar-refractivity contribution is 7.08. The van der Waals surface area contributed by atoms with Gasteiger partial charge in [0.25, 0.3) is 0 Å². The lowest BCUT2D eigenvalue weighted by atomic mass is 9.82. The number of carbonyl (C=O) groups excluding carboxylic acids is 1. The number of aliphatic hydroxyl groups is 1. The number of aromatic nitrogens is 4. The van der Waals surface area contributed by atoms with Crippen LogP contribution in [0.15, 0.2) is 16.8 Å². The summed E-state index contributed by atoms with van der Waals surface area (Å²) in [5.74, 6) is 0.887. The van der Waals surface area contributed by atoms with E-state index in [-0.39, 0.29) is 18.6 Å². The van der Waals surface area contributed by atoms with Gasteiger partial charge in [-0.1, -0.05) is 0 Å². The van der Waals surface area contributed by atoms with Gasteiger partial charge in [0.1, 0.15) is 6.54 Å². The largest absolute Gasteiger partial charge is 0.393 e. The molecule has 2 aromatic heterocycles. The minimum absolute atomic E-state index is 0.0503. The van der Waals surface area contributed by atoms with Crippen LogP contribution in [0.1, 0.15) is 12.8 Å². The van der Waals surface area contributed by atoms with Crippen molar-refractivity contribution in [2.24, 2.45) is 5.92 Å². The van der Waals surface area contributed by atoms with Crippen LogP contribution in [-0.4, -0.2) is 55.8 Å². The summed E-state index contributed by atoms with van der Waals surface area (Å²) in [6, 6.07) is 1.92. The molecule has 0 spiro atoms. The molecule has 0 saturated heterocycles. The van der Waals surface area contributed by atoms with E-state index in [1.165, 1.54) is 4.80 Å². The third-order valence-corrected chi connectivity index (χ3v) is 4.36. The molecule has 1 amide bonds. The molecule has 0 bridgehead atoms. The number of carbonyl (C=O) groups is 1. The van der Waals surface area contributed by atoms with E-state index < -0.39 is 0 Å². The molecule has 112 valence electrons. The van der Waals surface area contributed by atoms with Crippen molar-refractivity contribution in [3.8, 4) is 11.4 Å². The Morgan fingerprint density at radius 2 is 2.38 bits per heavy atom. The van der Waals surface area contributed by atoms with Gasteiger partial charge in [-0.05, 0) is 35.4 Å². The molecule has 2 heterocycles. The lowest BCUT2D eigenvalue weighted by molar-refractivity contribution is -0.132. The van der Waals surface area contributed by atoms with Crippen molar-refractivity contribution >= 4 is 17.2 Å². The van der Waals surface area contributed by atoms with Crippen LogP contribution in [-0.2, 0) is 11.3 Å². The molecule has 1 N–H and O–H groups in total. The standard InChI is InChI=1S/C13H17N5O2S/c1-17(6-9-4-11(19)5-9)12(20)7-18-15-13(14-16-18)10-2-3-21-8-10/h2-3,8-9,11,19H,4-7H2,1H3. The molecule has 0 aliphatic heterocycles. The van der Waals surface area contributed by atoms with Crippen LogP contribution in [0.3, 0.4) is 0 Å². The molecule has 21 heavy (non-hydrogen) atoms. The Balaban J connectivity index is 1.55. The highest BCUT2D eigenvalue weighted by Gasteiger charge is 2.29. The number of hydrogen-bond acceptors (Lipinski definition) is 6. The Morgan fingerprint density at radius 3 is 3.05 bits per heavy atom. The van der Waals surface area contributed by atoms with Crippen LogP contribution in [0.5, 0.6) is 0 Å². The molecular formula is C13H17N5O2S. The fraction of sp³-hybridized carbons (Fsp3) is 0.538. The number of likely N-dealkylation sites (N-methyl/N-ethyl adjacent to an activating group) is 1. The fourth-order valence-corrected chi connectivity index (χ4v) is 3.03. The Hall–Kier alpha value is -1.80. The normalized spacial score (nSPS) is 21.0. The zero-order chi connectivity index (χ0) is 14.8. The predicted molar refractivity (Wildman–Crippen MR) is 77.5 cm³/mol. The Kier molecular flexibility index (Phi) is 3.98. The lowest BCUT2D eigenvalue weighted by Gasteiger charge is -2.34. The molecular weight excluding hydrogens is 290 g/mol. The van der Waals surface area contributed by atoms with Gasteiger partial charge in [-0.25, -0.2) is 0 Å². The first kappa shape index (κ1) is 14.2. The Bertz CT molecular complexity index is 606. The van der Waals surface area contributed by atoms with Crippen molar-refractivity contribution < 1.29 is 9.90 Å². The summed E-state index contributed by atoms with van der Waals surface area (Å²) in [6.45, 7) is 0.755. The third-order valence-electron chi connectivity index (χ3n) is 3.68. The highest BCUT2D eigenvalue weighted by atomic mass is 32.1. The first-order chi connectivity index (χ1) is 10.1. The summed E-state index contributed by atoms with van der Waals surface area (Å²) in [6.07, 6.45) is 1.37. The minimum atomic E-state index is -0.191. The molecule has 2 aromatic rings. The molecule has 0 aromatic carbocycles. The molecule has 1 saturated carbocycles. The molecule has 1 fully saturated rings. The zero-order valence-corrected chi connectivity index (χ0v) is 12.5. The van der Waals surface area contributed by atoms with E-state index in [4.69, 9.17) is 0 Å². The van der Waals surface area contributed by atoms with Gasteiger partial charge >= 0.3 is 0 Å². The minimum Gasteiger partial charge on any atom is -0.393 e. The number of rotatable bonds is 5. The predicted octanol–water partition coefficient (Wildman–Crippen LogP) is 0.631. The van der Waals surface area contributed by atoms with Crippen molar-refractivity contribution in [3.63, 3.8) is 0 Å². The Labute approximate surface area is 126 Å². The second-order valence-electron chi connectivity index (χ2n) is 5.42. The molecule has 0 atom stereocenters. The molecule has 1 aliphatic rings. The van der Waals surface area contributed by atoms with Crippen LogP contribution >= 0.6 is 11.3 Å². The van der Waals surface area contributed by atoms with Gasteiger partial charge in [-0.15, -0.1) is 10.2 Å². The first-order valence-corrected chi connectivity index (χ1v) is 7.78. The zero-order valence-electron chi connectivity index (χ0n) is 11.7. The van der Waals surface area contributed by atoms with Gasteiger partial charge in [0.05, 0.1) is 6.10 Å².